The topological polar surface area (TPSA) is 88.4 Å². The lowest BCUT2D eigenvalue weighted by Gasteiger charge is -2.24. The second kappa shape index (κ2) is 4.04. The minimum Gasteiger partial charge on any atom is -0.508 e. The Morgan fingerprint density at radius 3 is 2.65 bits per heavy atom. The molecule has 0 saturated carbocycles. The molecule has 2 rings (SSSR count). The highest BCUT2D eigenvalue weighted by atomic mass is 16.3. The number of rotatable bonds is 1. The summed E-state index contributed by atoms with van der Waals surface area (Å²) < 4.78 is 1.29. The van der Waals surface area contributed by atoms with E-state index >= 15 is 0 Å². The number of pyridine rings is 1. The van der Waals surface area contributed by atoms with Crippen LogP contribution in [0.5, 0.6) is 5.75 Å². The number of nitrogens with one attached hydrogen (secondary N) is 1. The Balaban J connectivity index is 2.44. The lowest BCUT2D eigenvalue weighted by Crippen LogP contribution is -2.44. The highest BCUT2D eigenvalue weighted by Crippen LogP contribution is 2.19. The minimum atomic E-state index is -0.680. The molecule has 1 aliphatic heterocycles. The van der Waals surface area contributed by atoms with Gasteiger partial charge in [-0.2, -0.15) is 0 Å². The molecule has 0 aromatic carbocycles. The smallest absolute Gasteiger partial charge is 0.255 e. The van der Waals surface area contributed by atoms with Gasteiger partial charge in [0, 0.05) is 18.2 Å². The molecule has 1 fully saturated rings. The molecule has 1 aromatic rings. The van der Waals surface area contributed by atoms with Crippen molar-refractivity contribution < 1.29 is 14.7 Å². The summed E-state index contributed by atoms with van der Waals surface area (Å²) in [6.45, 7) is 1.63. The van der Waals surface area contributed by atoms with Crippen molar-refractivity contribution in [1.29, 1.82) is 0 Å². The maximum absolute atomic E-state index is 11.7. The van der Waals surface area contributed by atoms with Crippen LogP contribution in [0.15, 0.2) is 16.9 Å². The standard InChI is InChI=1S/C11H12N2O4/c1-6-4-7(14)5-10(16)13(6)8-2-3-9(15)12-11(8)17/h4-5,8,14H,2-3H2,1H3,(H,12,15,17). The van der Waals surface area contributed by atoms with Crippen LogP contribution in [-0.2, 0) is 9.59 Å². The van der Waals surface area contributed by atoms with Gasteiger partial charge in [0.25, 0.3) is 5.56 Å². The number of carbonyl (C=O) groups is 2. The van der Waals surface area contributed by atoms with E-state index in [2.05, 4.69) is 5.32 Å². The van der Waals surface area contributed by atoms with Gasteiger partial charge in [-0.15, -0.1) is 0 Å². The SMILES string of the molecule is Cc1cc(O)cc(=O)n1C1CCC(=O)NC1=O. The molecule has 0 bridgehead atoms. The molecule has 0 aliphatic carbocycles. The van der Waals surface area contributed by atoms with Crippen molar-refractivity contribution >= 4 is 11.8 Å². The van der Waals surface area contributed by atoms with Crippen molar-refractivity contribution in [1.82, 2.24) is 9.88 Å². The maximum Gasteiger partial charge on any atom is 0.255 e. The zero-order chi connectivity index (χ0) is 12.6. The van der Waals surface area contributed by atoms with Crippen LogP contribution in [-0.4, -0.2) is 21.5 Å². The van der Waals surface area contributed by atoms with Gasteiger partial charge in [-0.3, -0.25) is 19.7 Å². The van der Waals surface area contributed by atoms with E-state index in [0.29, 0.717) is 12.1 Å². The fraction of sp³-hybridized carbons (Fsp3) is 0.364. The van der Waals surface area contributed by atoms with Crippen molar-refractivity contribution in [2.75, 3.05) is 0 Å². The predicted octanol–water partition coefficient (Wildman–Crippen LogP) is -0.160. The van der Waals surface area contributed by atoms with Crippen molar-refractivity contribution in [3.05, 3.63) is 28.2 Å². The van der Waals surface area contributed by atoms with E-state index in [1.807, 2.05) is 0 Å². The van der Waals surface area contributed by atoms with Crippen molar-refractivity contribution in [2.24, 2.45) is 0 Å². The van der Waals surface area contributed by atoms with Gasteiger partial charge in [-0.25, -0.2) is 0 Å². The van der Waals surface area contributed by atoms with Gasteiger partial charge < -0.3 is 9.67 Å². The van der Waals surface area contributed by atoms with Gasteiger partial charge in [0.1, 0.15) is 11.8 Å². The molecule has 90 valence electrons. The number of hydrogen-bond acceptors (Lipinski definition) is 4. The molecule has 1 atom stereocenters. The third-order valence-corrected chi connectivity index (χ3v) is 2.77. The zero-order valence-corrected chi connectivity index (χ0v) is 9.27. The highest BCUT2D eigenvalue weighted by molar-refractivity contribution is 5.99. The first-order valence-electron chi connectivity index (χ1n) is 5.25. The molecule has 1 aromatic heterocycles. The second-order valence-corrected chi connectivity index (χ2v) is 4.03. The van der Waals surface area contributed by atoms with Crippen LogP contribution in [0.3, 0.4) is 0 Å². The van der Waals surface area contributed by atoms with E-state index in [9.17, 15) is 19.5 Å². The number of aromatic hydroxyl groups is 1. The number of piperidine rings is 1. The Morgan fingerprint density at radius 2 is 2.06 bits per heavy atom. The summed E-state index contributed by atoms with van der Waals surface area (Å²) in [6, 6.07) is 1.78. The molecule has 0 radical (unpaired) electrons. The molecule has 1 saturated heterocycles. The number of imide groups is 1. The van der Waals surface area contributed by atoms with Crippen LogP contribution in [0.25, 0.3) is 0 Å². The largest absolute Gasteiger partial charge is 0.508 e. The van der Waals surface area contributed by atoms with E-state index in [1.165, 1.54) is 10.6 Å². The lowest BCUT2D eigenvalue weighted by molar-refractivity contribution is -0.135. The Kier molecular flexibility index (Phi) is 2.71. The van der Waals surface area contributed by atoms with E-state index in [1.54, 1.807) is 6.92 Å². The molecular formula is C11H12N2O4. The summed E-state index contributed by atoms with van der Waals surface area (Å²) in [7, 11) is 0. The summed E-state index contributed by atoms with van der Waals surface area (Å²) in [5.41, 5.74) is 0.0431. The van der Waals surface area contributed by atoms with Crippen molar-refractivity contribution in [3.63, 3.8) is 0 Å². The van der Waals surface area contributed by atoms with Gasteiger partial charge in [0.05, 0.1) is 0 Å². The van der Waals surface area contributed by atoms with Crippen molar-refractivity contribution in [3.8, 4) is 5.75 Å². The Labute approximate surface area is 96.9 Å². The molecule has 6 heteroatoms. The first-order chi connectivity index (χ1) is 7.99. The van der Waals surface area contributed by atoms with Crippen LogP contribution in [0.2, 0.25) is 0 Å². The molecule has 1 unspecified atom stereocenters. The Hall–Kier alpha value is -2.11. The van der Waals surface area contributed by atoms with Crippen LogP contribution >= 0.6 is 0 Å². The molecule has 0 spiro atoms. The third-order valence-electron chi connectivity index (χ3n) is 2.77. The summed E-state index contributed by atoms with van der Waals surface area (Å²) in [6.07, 6.45) is 0.513. The first-order valence-corrected chi connectivity index (χ1v) is 5.25. The predicted molar refractivity (Wildman–Crippen MR) is 58.5 cm³/mol. The molecule has 1 aliphatic rings. The average molecular weight is 236 g/mol. The fourth-order valence-electron chi connectivity index (χ4n) is 2.02. The summed E-state index contributed by atoms with van der Waals surface area (Å²) >= 11 is 0. The first kappa shape index (κ1) is 11.4. The van der Waals surface area contributed by atoms with Crippen LogP contribution < -0.4 is 10.9 Å². The van der Waals surface area contributed by atoms with Crippen LogP contribution in [0, 0.1) is 6.92 Å². The number of hydrogen-bond donors (Lipinski definition) is 2. The molecule has 17 heavy (non-hydrogen) atoms. The highest BCUT2D eigenvalue weighted by Gasteiger charge is 2.29. The van der Waals surface area contributed by atoms with Gasteiger partial charge in [0.15, 0.2) is 0 Å². The zero-order valence-electron chi connectivity index (χ0n) is 9.27. The normalized spacial score (nSPS) is 20.2. The lowest BCUT2D eigenvalue weighted by atomic mass is 10.1. The van der Waals surface area contributed by atoms with E-state index in [-0.39, 0.29) is 18.1 Å². The van der Waals surface area contributed by atoms with E-state index in [4.69, 9.17) is 0 Å². The summed E-state index contributed by atoms with van der Waals surface area (Å²) in [5.74, 6) is -0.927. The number of nitrogens with zero attached hydrogens (tertiary/aromatic N) is 1. The van der Waals surface area contributed by atoms with Gasteiger partial charge in [0.2, 0.25) is 11.8 Å². The van der Waals surface area contributed by atoms with Gasteiger partial charge >= 0.3 is 0 Å². The average Bonchev–Trinajstić information content (AvgIpc) is 2.19. The minimum absolute atomic E-state index is 0.129. The second-order valence-electron chi connectivity index (χ2n) is 4.03. The summed E-state index contributed by atoms with van der Waals surface area (Å²) in [5, 5.41) is 11.5. The number of carbonyl (C=O) groups excluding carboxylic acids is 2. The van der Waals surface area contributed by atoms with Crippen LogP contribution in [0.1, 0.15) is 24.6 Å². The number of aromatic nitrogens is 1. The number of aryl methyl sites for hydroxylation is 1. The Bertz CT molecular complexity index is 547. The Morgan fingerprint density at radius 1 is 1.35 bits per heavy atom. The molecule has 6 nitrogen and oxygen atoms in total. The monoisotopic (exact) mass is 236 g/mol. The van der Waals surface area contributed by atoms with Crippen LogP contribution in [0.4, 0.5) is 0 Å². The molecular weight excluding hydrogens is 224 g/mol. The quantitative estimate of drug-likeness (QED) is 0.663. The fourth-order valence-corrected chi connectivity index (χ4v) is 2.02. The third kappa shape index (κ3) is 2.06. The number of amides is 2. The molecule has 2 amide bonds. The molecule has 2 heterocycles. The van der Waals surface area contributed by atoms with E-state index in [0.717, 1.165) is 6.07 Å². The molecule has 2 N–H and O–H groups in total. The van der Waals surface area contributed by atoms with Gasteiger partial charge in [-0.1, -0.05) is 0 Å². The summed E-state index contributed by atoms with van der Waals surface area (Å²) in [4.78, 5) is 34.4. The maximum atomic E-state index is 11.7. The van der Waals surface area contributed by atoms with Crippen molar-refractivity contribution in [2.45, 2.75) is 25.8 Å². The van der Waals surface area contributed by atoms with E-state index < -0.39 is 17.5 Å². The van der Waals surface area contributed by atoms with Gasteiger partial charge in [-0.05, 0) is 19.4 Å².